The standard InChI is InChI=1S/C9H14F3NO3S/c1-7(2)13-5-3-8(4-6-13)16-17(14,15)9(10,11)12/h3,7H,4-6H2,1-2H3. The zero-order valence-corrected chi connectivity index (χ0v) is 10.3. The van der Waals surface area contributed by atoms with Crippen molar-refractivity contribution < 1.29 is 25.8 Å². The van der Waals surface area contributed by atoms with Gasteiger partial charge in [0.05, 0.1) is 0 Å². The van der Waals surface area contributed by atoms with E-state index in [-0.39, 0.29) is 18.2 Å². The predicted octanol–water partition coefficient (Wildman–Crippen LogP) is 1.85. The average molecular weight is 273 g/mol. The first-order valence-electron chi connectivity index (χ1n) is 5.07. The molecular formula is C9H14F3NO3S. The van der Waals surface area contributed by atoms with Crippen LogP contribution in [0.25, 0.3) is 0 Å². The third-order valence-electron chi connectivity index (χ3n) is 2.43. The van der Waals surface area contributed by atoms with Crippen molar-refractivity contribution in [3.05, 3.63) is 11.8 Å². The fraction of sp³-hybridized carbons (Fsp3) is 0.778. The first-order chi connectivity index (χ1) is 7.63. The Bertz CT molecular complexity index is 400. The average Bonchev–Trinajstić information content (AvgIpc) is 2.16. The molecule has 0 spiro atoms. The van der Waals surface area contributed by atoms with Gasteiger partial charge >= 0.3 is 15.6 Å². The van der Waals surface area contributed by atoms with Crippen LogP contribution < -0.4 is 0 Å². The maximum Gasteiger partial charge on any atom is 0.534 e. The van der Waals surface area contributed by atoms with Crippen LogP contribution in [0.5, 0.6) is 0 Å². The third-order valence-corrected chi connectivity index (χ3v) is 3.43. The summed E-state index contributed by atoms with van der Waals surface area (Å²) in [4.78, 5) is 1.99. The molecule has 0 saturated carbocycles. The molecule has 0 aromatic heterocycles. The number of alkyl halides is 3. The monoisotopic (exact) mass is 273 g/mol. The molecule has 1 aliphatic heterocycles. The van der Waals surface area contributed by atoms with E-state index >= 15 is 0 Å². The van der Waals surface area contributed by atoms with Gasteiger partial charge in [-0.05, 0) is 19.9 Å². The van der Waals surface area contributed by atoms with Crippen LogP contribution in [0.2, 0.25) is 0 Å². The highest BCUT2D eigenvalue weighted by atomic mass is 32.2. The molecule has 0 aliphatic carbocycles. The predicted molar refractivity (Wildman–Crippen MR) is 55.5 cm³/mol. The topological polar surface area (TPSA) is 46.6 Å². The number of hydrogen-bond donors (Lipinski definition) is 0. The quantitative estimate of drug-likeness (QED) is 0.581. The Morgan fingerprint density at radius 3 is 2.35 bits per heavy atom. The highest BCUT2D eigenvalue weighted by molar-refractivity contribution is 7.87. The third kappa shape index (κ3) is 3.60. The normalized spacial score (nSPS) is 19.3. The number of halogens is 3. The second-order valence-corrected chi connectivity index (χ2v) is 5.53. The largest absolute Gasteiger partial charge is 0.534 e. The van der Waals surface area contributed by atoms with Gasteiger partial charge in [0.2, 0.25) is 0 Å². The second-order valence-electron chi connectivity index (χ2n) is 3.99. The molecular weight excluding hydrogens is 259 g/mol. The summed E-state index contributed by atoms with van der Waals surface area (Å²) in [5.41, 5.74) is -5.37. The van der Waals surface area contributed by atoms with Gasteiger partial charge in [-0.2, -0.15) is 21.6 Å². The molecule has 0 radical (unpaired) electrons. The molecule has 0 amide bonds. The number of hydrogen-bond acceptors (Lipinski definition) is 4. The summed E-state index contributed by atoms with van der Waals surface area (Å²) < 4.78 is 61.6. The van der Waals surface area contributed by atoms with Gasteiger partial charge in [0.25, 0.3) is 0 Å². The molecule has 8 heteroatoms. The van der Waals surface area contributed by atoms with E-state index in [2.05, 4.69) is 4.18 Å². The zero-order valence-electron chi connectivity index (χ0n) is 9.49. The molecule has 17 heavy (non-hydrogen) atoms. The number of nitrogens with zero attached hydrogens (tertiary/aromatic N) is 1. The van der Waals surface area contributed by atoms with Gasteiger partial charge in [-0.1, -0.05) is 0 Å². The zero-order chi connectivity index (χ0) is 13.3. The van der Waals surface area contributed by atoms with Crippen LogP contribution >= 0.6 is 0 Å². The van der Waals surface area contributed by atoms with Crippen LogP contribution in [-0.4, -0.2) is 38.0 Å². The first-order valence-corrected chi connectivity index (χ1v) is 6.48. The Balaban J connectivity index is 2.68. The van der Waals surface area contributed by atoms with Crippen molar-refractivity contribution in [2.45, 2.75) is 31.8 Å². The molecule has 0 unspecified atom stereocenters. The van der Waals surface area contributed by atoms with Crippen LogP contribution in [-0.2, 0) is 14.3 Å². The Morgan fingerprint density at radius 2 is 2.00 bits per heavy atom. The minimum absolute atomic E-state index is 0.140. The van der Waals surface area contributed by atoms with E-state index < -0.39 is 15.6 Å². The fourth-order valence-electron chi connectivity index (χ4n) is 1.40. The summed E-state index contributed by atoms with van der Waals surface area (Å²) in [5, 5.41) is 0. The van der Waals surface area contributed by atoms with Crippen molar-refractivity contribution in [2.24, 2.45) is 0 Å². The van der Waals surface area contributed by atoms with Crippen LogP contribution in [0, 0.1) is 0 Å². The summed E-state index contributed by atoms with van der Waals surface area (Å²) in [6.45, 7) is 4.77. The van der Waals surface area contributed by atoms with Crippen LogP contribution in [0.15, 0.2) is 11.8 Å². The van der Waals surface area contributed by atoms with Crippen LogP contribution in [0.3, 0.4) is 0 Å². The van der Waals surface area contributed by atoms with Crippen molar-refractivity contribution in [3.8, 4) is 0 Å². The van der Waals surface area contributed by atoms with E-state index in [1.54, 1.807) is 0 Å². The molecule has 0 bridgehead atoms. The summed E-state index contributed by atoms with van der Waals surface area (Å²) in [7, 11) is -5.52. The van der Waals surface area contributed by atoms with Gasteiger partial charge in [0.1, 0.15) is 5.76 Å². The SMILES string of the molecule is CC(C)N1CC=C(OS(=O)(=O)C(F)(F)F)CC1. The Kier molecular flexibility index (Phi) is 4.08. The Hall–Kier alpha value is -0.760. The lowest BCUT2D eigenvalue weighted by Gasteiger charge is -2.29. The minimum atomic E-state index is -5.52. The van der Waals surface area contributed by atoms with Gasteiger partial charge in [-0.3, -0.25) is 4.90 Å². The van der Waals surface area contributed by atoms with E-state index in [1.165, 1.54) is 6.08 Å². The van der Waals surface area contributed by atoms with Crippen molar-refractivity contribution >= 4 is 10.1 Å². The lowest BCUT2D eigenvalue weighted by molar-refractivity contribution is -0.0525. The van der Waals surface area contributed by atoms with Crippen molar-refractivity contribution in [1.29, 1.82) is 0 Å². The van der Waals surface area contributed by atoms with Gasteiger partial charge in [-0.25, -0.2) is 0 Å². The Labute approximate surface area is 98.2 Å². The smallest absolute Gasteiger partial charge is 0.381 e. The van der Waals surface area contributed by atoms with Gasteiger partial charge < -0.3 is 4.18 Å². The van der Waals surface area contributed by atoms with E-state index in [9.17, 15) is 21.6 Å². The molecule has 0 N–H and O–H groups in total. The van der Waals surface area contributed by atoms with E-state index in [0.29, 0.717) is 13.1 Å². The molecule has 1 aliphatic rings. The fourth-order valence-corrected chi connectivity index (χ4v) is 1.93. The van der Waals surface area contributed by atoms with Crippen molar-refractivity contribution in [2.75, 3.05) is 13.1 Å². The van der Waals surface area contributed by atoms with Gasteiger partial charge in [0, 0.05) is 25.6 Å². The van der Waals surface area contributed by atoms with E-state index in [1.807, 2.05) is 18.7 Å². The number of rotatable bonds is 3. The van der Waals surface area contributed by atoms with Crippen molar-refractivity contribution in [3.63, 3.8) is 0 Å². The maximum atomic E-state index is 12.0. The minimum Gasteiger partial charge on any atom is -0.381 e. The summed E-state index contributed by atoms with van der Waals surface area (Å²) in [6.07, 6.45) is 1.53. The summed E-state index contributed by atoms with van der Waals surface area (Å²) >= 11 is 0. The highest BCUT2D eigenvalue weighted by Crippen LogP contribution is 2.28. The maximum absolute atomic E-state index is 12.0. The Morgan fingerprint density at radius 1 is 1.41 bits per heavy atom. The lowest BCUT2D eigenvalue weighted by atomic mass is 10.2. The van der Waals surface area contributed by atoms with Gasteiger partial charge in [0.15, 0.2) is 0 Å². The molecule has 1 heterocycles. The van der Waals surface area contributed by atoms with E-state index in [0.717, 1.165) is 0 Å². The van der Waals surface area contributed by atoms with Crippen LogP contribution in [0.4, 0.5) is 13.2 Å². The van der Waals surface area contributed by atoms with Crippen LogP contribution in [0.1, 0.15) is 20.3 Å². The molecule has 100 valence electrons. The molecule has 4 nitrogen and oxygen atoms in total. The molecule has 0 aromatic rings. The summed E-state index contributed by atoms with van der Waals surface area (Å²) in [6, 6.07) is 0.257. The van der Waals surface area contributed by atoms with Crippen molar-refractivity contribution in [1.82, 2.24) is 4.90 Å². The summed E-state index contributed by atoms with van der Waals surface area (Å²) in [5.74, 6) is -0.140. The first kappa shape index (κ1) is 14.3. The molecule has 1 rings (SSSR count). The molecule has 0 fully saturated rings. The lowest BCUT2D eigenvalue weighted by Crippen LogP contribution is -2.36. The second kappa shape index (κ2) is 4.85. The molecule has 0 atom stereocenters. The van der Waals surface area contributed by atoms with E-state index in [4.69, 9.17) is 0 Å². The van der Waals surface area contributed by atoms with Gasteiger partial charge in [-0.15, -0.1) is 0 Å². The molecule has 0 aromatic carbocycles. The molecule has 0 saturated heterocycles. The highest BCUT2D eigenvalue weighted by Gasteiger charge is 2.48.